The molecule has 0 spiro atoms. The molecular formula is C27H35NO4S. The normalized spacial score (nSPS) is 12.9. The zero-order chi connectivity index (χ0) is 24.5. The quantitative estimate of drug-likeness (QED) is 0.394. The molecule has 6 heteroatoms. The third kappa shape index (κ3) is 10.2. The second kappa shape index (κ2) is 11.9. The van der Waals surface area contributed by atoms with E-state index < -0.39 is 29.4 Å². The van der Waals surface area contributed by atoms with Gasteiger partial charge < -0.3 is 9.47 Å². The van der Waals surface area contributed by atoms with Crippen molar-refractivity contribution in [3.63, 3.8) is 0 Å². The number of ether oxygens (including phenoxy) is 2. The first-order valence-corrected chi connectivity index (χ1v) is 12.0. The Balaban J connectivity index is 2.33. The summed E-state index contributed by atoms with van der Waals surface area (Å²) in [5, 5.41) is 1.91. The van der Waals surface area contributed by atoms with E-state index in [0.717, 1.165) is 15.4 Å². The van der Waals surface area contributed by atoms with Gasteiger partial charge in [0.2, 0.25) is 0 Å². The first kappa shape index (κ1) is 26.5. The van der Waals surface area contributed by atoms with Gasteiger partial charge in [-0.15, -0.1) is 0 Å². The standard InChI is InChI=1S/C27H35NO4S/c1-26(2,3)31-24(29)28(25(30)32-27(4,5)6)22(18-17-21-13-9-7-10-14-21)19-20-33-23-15-11-8-12-16-23/h7-16,19-20,22H,17-18H2,1-6H3/b20-19+/t22-/m0/s1. The zero-order valence-corrected chi connectivity index (χ0v) is 21.2. The molecule has 33 heavy (non-hydrogen) atoms. The van der Waals surface area contributed by atoms with Crippen LogP contribution >= 0.6 is 11.8 Å². The van der Waals surface area contributed by atoms with E-state index in [1.165, 1.54) is 11.8 Å². The van der Waals surface area contributed by atoms with Gasteiger partial charge in [0.15, 0.2) is 0 Å². The second-order valence-corrected chi connectivity index (χ2v) is 10.7. The van der Waals surface area contributed by atoms with E-state index in [2.05, 4.69) is 0 Å². The van der Waals surface area contributed by atoms with E-state index in [1.54, 1.807) is 41.5 Å². The number of imide groups is 1. The maximum absolute atomic E-state index is 13.1. The molecule has 0 aromatic heterocycles. The summed E-state index contributed by atoms with van der Waals surface area (Å²) in [6.07, 6.45) is 1.66. The van der Waals surface area contributed by atoms with Crippen LogP contribution in [0, 0.1) is 0 Å². The fraction of sp³-hybridized carbons (Fsp3) is 0.407. The maximum Gasteiger partial charge on any atom is 0.420 e. The van der Waals surface area contributed by atoms with Crippen LogP contribution in [0.4, 0.5) is 9.59 Å². The average Bonchev–Trinajstić information content (AvgIpc) is 2.70. The minimum absolute atomic E-state index is 0.536. The lowest BCUT2D eigenvalue weighted by Gasteiger charge is -2.32. The number of benzene rings is 2. The molecule has 178 valence electrons. The monoisotopic (exact) mass is 469 g/mol. The van der Waals surface area contributed by atoms with Crippen molar-refractivity contribution in [1.82, 2.24) is 4.90 Å². The van der Waals surface area contributed by atoms with Crippen molar-refractivity contribution in [2.45, 2.75) is 76.5 Å². The van der Waals surface area contributed by atoms with Crippen molar-refractivity contribution in [2.75, 3.05) is 0 Å². The fourth-order valence-electron chi connectivity index (χ4n) is 2.95. The van der Waals surface area contributed by atoms with Gasteiger partial charge in [-0.1, -0.05) is 66.4 Å². The average molecular weight is 470 g/mol. The molecule has 0 N–H and O–H groups in total. The van der Waals surface area contributed by atoms with Gasteiger partial charge in [-0.2, -0.15) is 0 Å². The first-order valence-electron chi connectivity index (χ1n) is 11.1. The lowest BCUT2D eigenvalue weighted by molar-refractivity contribution is -0.00415. The Morgan fingerprint density at radius 1 is 0.848 bits per heavy atom. The molecule has 2 amide bonds. The maximum atomic E-state index is 13.1. The van der Waals surface area contributed by atoms with Gasteiger partial charge in [-0.3, -0.25) is 0 Å². The molecule has 5 nitrogen and oxygen atoms in total. The summed E-state index contributed by atoms with van der Waals surface area (Å²) in [5.74, 6) is 0. The van der Waals surface area contributed by atoms with Gasteiger partial charge in [0.25, 0.3) is 0 Å². The van der Waals surface area contributed by atoms with Gasteiger partial charge in [-0.25, -0.2) is 14.5 Å². The van der Waals surface area contributed by atoms with Gasteiger partial charge in [0, 0.05) is 4.90 Å². The summed E-state index contributed by atoms with van der Waals surface area (Å²) < 4.78 is 11.2. The van der Waals surface area contributed by atoms with Gasteiger partial charge in [0.1, 0.15) is 11.2 Å². The molecule has 2 aromatic rings. The van der Waals surface area contributed by atoms with Crippen LogP contribution in [0.15, 0.2) is 77.0 Å². The third-order valence-electron chi connectivity index (χ3n) is 4.33. The highest BCUT2D eigenvalue weighted by Gasteiger charge is 2.35. The fourth-order valence-corrected chi connectivity index (χ4v) is 3.68. The second-order valence-electron chi connectivity index (χ2n) is 9.68. The van der Waals surface area contributed by atoms with Crippen molar-refractivity contribution in [3.05, 3.63) is 77.7 Å². The van der Waals surface area contributed by atoms with Crippen LogP contribution in [0.1, 0.15) is 53.5 Å². The van der Waals surface area contributed by atoms with E-state index in [1.807, 2.05) is 72.1 Å². The lowest BCUT2D eigenvalue weighted by Crippen LogP contribution is -2.48. The number of nitrogens with zero attached hydrogens (tertiary/aromatic N) is 1. The number of aryl methyl sites for hydroxylation is 1. The minimum atomic E-state index is -0.746. The number of hydrogen-bond acceptors (Lipinski definition) is 5. The Labute approximate surface area is 202 Å². The van der Waals surface area contributed by atoms with E-state index in [-0.39, 0.29) is 0 Å². The van der Waals surface area contributed by atoms with E-state index in [4.69, 9.17) is 9.47 Å². The molecule has 0 aliphatic heterocycles. The van der Waals surface area contributed by atoms with Gasteiger partial charge in [0.05, 0.1) is 6.04 Å². The SMILES string of the molecule is CC(C)(C)OC(=O)N(C(=O)OC(C)(C)C)[C@H](/C=C/Sc1ccccc1)CCc1ccccc1. The highest BCUT2D eigenvalue weighted by molar-refractivity contribution is 8.02. The molecular weight excluding hydrogens is 434 g/mol. The van der Waals surface area contributed by atoms with Crippen LogP contribution in [-0.2, 0) is 15.9 Å². The van der Waals surface area contributed by atoms with Crippen LogP contribution in [0.25, 0.3) is 0 Å². The van der Waals surface area contributed by atoms with E-state index in [9.17, 15) is 9.59 Å². The van der Waals surface area contributed by atoms with Crippen molar-refractivity contribution in [2.24, 2.45) is 0 Å². The summed E-state index contributed by atoms with van der Waals surface area (Å²) in [7, 11) is 0. The van der Waals surface area contributed by atoms with Crippen molar-refractivity contribution in [1.29, 1.82) is 0 Å². The highest BCUT2D eigenvalue weighted by Crippen LogP contribution is 2.23. The van der Waals surface area contributed by atoms with Crippen LogP contribution in [0.2, 0.25) is 0 Å². The molecule has 0 heterocycles. The van der Waals surface area contributed by atoms with Crippen LogP contribution in [0.3, 0.4) is 0 Å². The van der Waals surface area contributed by atoms with Gasteiger partial charge in [-0.05, 0) is 77.5 Å². The molecule has 2 aromatic carbocycles. The summed E-state index contributed by atoms with van der Waals surface area (Å²) in [5.41, 5.74) is -0.367. The summed E-state index contributed by atoms with van der Waals surface area (Å²) in [6, 6.07) is 19.4. The topological polar surface area (TPSA) is 55.8 Å². The van der Waals surface area contributed by atoms with Crippen LogP contribution in [-0.4, -0.2) is 34.3 Å². The number of carbonyl (C=O) groups is 2. The minimum Gasteiger partial charge on any atom is -0.443 e. The van der Waals surface area contributed by atoms with Crippen LogP contribution in [0.5, 0.6) is 0 Å². The molecule has 0 fully saturated rings. The predicted molar refractivity (Wildman–Crippen MR) is 134 cm³/mol. The molecule has 1 atom stereocenters. The number of thioether (sulfide) groups is 1. The lowest BCUT2D eigenvalue weighted by atomic mass is 10.0. The summed E-state index contributed by atoms with van der Waals surface area (Å²) >= 11 is 1.53. The number of hydrogen-bond donors (Lipinski definition) is 0. The molecule has 0 bridgehead atoms. The Morgan fingerprint density at radius 2 is 1.33 bits per heavy atom. The Bertz CT molecular complexity index is 887. The predicted octanol–water partition coefficient (Wildman–Crippen LogP) is 7.47. The van der Waals surface area contributed by atoms with Gasteiger partial charge >= 0.3 is 12.2 Å². The number of rotatable bonds is 7. The molecule has 0 unspecified atom stereocenters. The smallest absolute Gasteiger partial charge is 0.420 e. The van der Waals surface area contributed by atoms with E-state index in [0.29, 0.717) is 12.8 Å². The Hall–Kier alpha value is -2.73. The molecule has 0 aliphatic rings. The summed E-state index contributed by atoms with van der Waals surface area (Å²) in [4.78, 5) is 28.4. The zero-order valence-electron chi connectivity index (χ0n) is 20.4. The van der Waals surface area contributed by atoms with Crippen LogP contribution < -0.4 is 0 Å². The molecule has 0 radical (unpaired) electrons. The molecule has 0 aliphatic carbocycles. The summed E-state index contributed by atoms with van der Waals surface area (Å²) in [6.45, 7) is 10.7. The molecule has 0 saturated carbocycles. The molecule has 0 saturated heterocycles. The van der Waals surface area contributed by atoms with Crippen molar-refractivity contribution in [3.8, 4) is 0 Å². The van der Waals surface area contributed by atoms with Crippen molar-refractivity contribution >= 4 is 23.9 Å². The highest BCUT2D eigenvalue weighted by atomic mass is 32.2. The van der Waals surface area contributed by atoms with E-state index >= 15 is 0 Å². The van der Waals surface area contributed by atoms with Crippen molar-refractivity contribution < 1.29 is 19.1 Å². The Kier molecular flexibility index (Phi) is 9.59. The third-order valence-corrected chi connectivity index (χ3v) is 5.17. The Morgan fingerprint density at radius 3 is 1.82 bits per heavy atom. The number of amides is 2. The number of carbonyl (C=O) groups excluding carboxylic acids is 2. The first-order chi connectivity index (χ1) is 15.4. The molecule has 2 rings (SSSR count). The largest absolute Gasteiger partial charge is 0.443 e.